The molecule has 0 bridgehead atoms. The summed E-state index contributed by atoms with van der Waals surface area (Å²) in [6.45, 7) is 3.80. The van der Waals surface area contributed by atoms with Crippen LogP contribution in [0.1, 0.15) is 33.1 Å². The zero-order valence-corrected chi connectivity index (χ0v) is 9.73. The van der Waals surface area contributed by atoms with Crippen molar-refractivity contribution >= 4 is 17.6 Å². The second-order valence-corrected chi connectivity index (χ2v) is 4.35. The molecule has 0 aromatic rings. The Hall–Kier alpha value is -1.39. The Labute approximate surface area is 95.0 Å². The summed E-state index contributed by atoms with van der Waals surface area (Å²) in [7, 11) is 0. The maximum Gasteiger partial charge on any atom is 0.240 e. The Bertz CT molecular complexity index is 314. The van der Waals surface area contributed by atoms with Crippen LogP contribution in [0.15, 0.2) is 0 Å². The van der Waals surface area contributed by atoms with E-state index >= 15 is 0 Å². The van der Waals surface area contributed by atoms with Gasteiger partial charge in [0, 0.05) is 19.4 Å². The molecular formula is C11H18N2O3. The Morgan fingerprint density at radius 3 is 2.62 bits per heavy atom. The van der Waals surface area contributed by atoms with E-state index in [1.165, 1.54) is 11.8 Å². The highest BCUT2D eigenvalue weighted by Crippen LogP contribution is 2.24. The first-order chi connectivity index (χ1) is 7.45. The highest BCUT2D eigenvalue weighted by atomic mass is 16.2. The summed E-state index contributed by atoms with van der Waals surface area (Å²) in [6, 6.07) is -0.524. The monoisotopic (exact) mass is 226 g/mol. The van der Waals surface area contributed by atoms with E-state index in [0.717, 1.165) is 0 Å². The first kappa shape index (κ1) is 12.7. The van der Waals surface area contributed by atoms with E-state index in [2.05, 4.69) is 0 Å². The number of rotatable bonds is 5. The third-order valence-electron chi connectivity index (χ3n) is 2.91. The van der Waals surface area contributed by atoms with Gasteiger partial charge in [-0.3, -0.25) is 9.59 Å². The lowest BCUT2D eigenvalue weighted by atomic mass is 10.0. The van der Waals surface area contributed by atoms with Crippen molar-refractivity contribution in [1.29, 1.82) is 0 Å². The van der Waals surface area contributed by atoms with Crippen LogP contribution in [0.2, 0.25) is 0 Å². The van der Waals surface area contributed by atoms with Gasteiger partial charge in [-0.05, 0) is 19.3 Å². The van der Waals surface area contributed by atoms with Crippen LogP contribution in [0.3, 0.4) is 0 Å². The van der Waals surface area contributed by atoms with Gasteiger partial charge < -0.3 is 15.4 Å². The van der Waals surface area contributed by atoms with Gasteiger partial charge in [-0.2, -0.15) is 0 Å². The van der Waals surface area contributed by atoms with Crippen molar-refractivity contribution in [3.05, 3.63) is 0 Å². The van der Waals surface area contributed by atoms with Gasteiger partial charge in [0.15, 0.2) is 0 Å². The molecule has 0 aliphatic carbocycles. The van der Waals surface area contributed by atoms with Gasteiger partial charge in [-0.1, -0.05) is 6.92 Å². The fourth-order valence-corrected chi connectivity index (χ4v) is 2.23. The Kier molecular flexibility index (Phi) is 4.04. The molecule has 1 aliphatic heterocycles. The predicted molar refractivity (Wildman–Crippen MR) is 58.4 cm³/mol. The van der Waals surface area contributed by atoms with Gasteiger partial charge in [0.05, 0.1) is 0 Å². The number of carbonyl (C=O) groups is 3. The molecule has 2 amide bonds. The smallest absolute Gasteiger partial charge is 0.240 e. The maximum atomic E-state index is 11.7. The first-order valence-electron chi connectivity index (χ1n) is 5.53. The number of hydrogen-bond donors (Lipinski definition) is 1. The lowest BCUT2D eigenvalue weighted by Crippen LogP contribution is -2.45. The van der Waals surface area contributed by atoms with Crippen molar-refractivity contribution in [1.82, 2.24) is 4.90 Å². The average molecular weight is 226 g/mol. The maximum absolute atomic E-state index is 11.7. The molecule has 0 radical (unpaired) electrons. The van der Waals surface area contributed by atoms with Crippen LogP contribution in [-0.2, 0) is 14.4 Å². The quantitative estimate of drug-likeness (QED) is 0.720. The molecule has 1 fully saturated rings. The van der Waals surface area contributed by atoms with Crippen molar-refractivity contribution in [2.45, 2.75) is 39.2 Å². The number of nitrogens with two attached hydrogens (primary N) is 1. The molecular weight excluding hydrogens is 208 g/mol. The number of primary amides is 1. The van der Waals surface area contributed by atoms with Crippen molar-refractivity contribution < 1.29 is 14.4 Å². The lowest BCUT2D eigenvalue weighted by Gasteiger charge is -2.24. The fourth-order valence-electron chi connectivity index (χ4n) is 2.23. The van der Waals surface area contributed by atoms with Gasteiger partial charge in [-0.25, -0.2) is 0 Å². The molecule has 1 rings (SSSR count). The molecule has 90 valence electrons. The summed E-state index contributed by atoms with van der Waals surface area (Å²) in [5, 5.41) is 0. The average Bonchev–Trinajstić information content (AvgIpc) is 2.46. The molecule has 2 N–H and O–H groups in total. The van der Waals surface area contributed by atoms with E-state index in [-0.39, 0.29) is 17.6 Å². The molecule has 2 atom stereocenters. The zero-order chi connectivity index (χ0) is 12.3. The third-order valence-corrected chi connectivity index (χ3v) is 2.91. The lowest BCUT2D eigenvalue weighted by molar-refractivity contribution is -0.136. The van der Waals surface area contributed by atoms with E-state index < -0.39 is 11.9 Å². The Balaban J connectivity index is 2.66. The number of nitrogens with zero attached hydrogens (tertiary/aromatic N) is 1. The first-order valence-corrected chi connectivity index (χ1v) is 5.53. The molecule has 0 unspecified atom stereocenters. The van der Waals surface area contributed by atoms with Crippen LogP contribution in [0.25, 0.3) is 0 Å². The summed E-state index contributed by atoms with van der Waals surface area (Å²) in [6.07, 6.45) is 1.27. The van der Waals surface area contributed by atoms with Crippen molar-refractivity contribution in [2.75, 3.05) is 6.54 Å². The van der Waals surface area contributed by atoms with E-state index in [9.17, 15) is 14.4 Å². The molecule has 5 nitrogen and oxygen atoms in total. The largest absolute Gasteiger partial charge is 0.368 e. The number of likely N-dealkylation sites (tertiary alicyclic amines) is 1. The molecule has 0 spiro atoms. The minimum Gasteiger partial charge on any atom is -0.368 e. The van der Waals surface area contributed by atoms with Crippen molar-refractivity contribution in [2.24, 2.45) is 11.7 Å². The van der Waals surface area contributed by atoms with Crippen LogP contribution in [-0.4, -0.2) is 35.1 Å². The molecule has 0 saturated carbocycles. The SMILES string of the molecule is CC[C@@H](C(N)=O)N1C[C@H](CC(C)=O)CC1=O. The number of carbonyl (C=O) groups excluding carboxylic acids is 3. The highest BCUT2D eigenvalue weighted by molar-refractivity contribution is 5.88. The molecule has 1 heterocycles. The van der Waals surface area contributed by atoms with Crippen LogP contribution < -0.4 is 5.73 Å². The van der Waals surface area contributed by atoms with Crippen molar-refractivity contribution in [3.8, 4) is 0 Å². The van der Waals surface area contributed by atoms with Gasteiger partial charge >= 0.3 is 0 Å². The minimum atomic E-state index is -0.524. The Morgan fingerprint density at radius 2 is 2.19 bits per heavy atom. The fraction of sp³-hybridized carbons (Fsp3) is 0.727. The minimum absolute atomic E-state index is 0.0402. The van der Waals surface area contributed by atoms with Crippen LogP contribution in [0, 0.1) is 5.92 Å². The van der Waals surface area contributed by atoms with Crippen molar-refractivity contribution in [3.63, 3.8) is 0 Å². The second kappa shape index (κ2) is 5.09. The summed E-state index contributed by atoms with van der Waals surface area (Å²) in [5.41, 5.74) is 5.24. The van der Waals surface area contributed by atoms with E-state index in [4.69, 9.17) is 5.73 Å². The number of hydrogen-bond acceptors (Lipinski definition) is 3. The normalized spacial score (nSPS) is 22.2. The summed E-state index contributed by atoms with van der Waals surface area (Å²) in [5.74, 6) is -0.429. The second-order valence-electron chi connectivity index (χ2n) is 4.35. The summed E-state index contributed by atoms with van der Waals surface area (Å²) >= 11 is 0. The predicted octanol–water partition coefficient (Wildman–Crippen LogP) is 0.0779. The van der Waals surface area contributed by atoms with Crippen LogP contribution in [0.4, 0.5) is 0 Å². The molecule has 1 saturated heterocycles. The molecule has 16 heavy (non-hydrogen) atoms. The molecule has 1 aliphatic rings. The molecule has 0 aromatic carbocycles. The topological polar surface area (TPSA) is 80.5 Å². The highest BCUT2D eigenvalue weighted by Gasteiger charge is 2.36. The van der Waals surface area contributed by atoms with Gasteiger partial charge in [-0.15, -0.1) is 0 Å². The summed E-state index contributed by atoms with van der Waals surface area (Å²) < 4.78 is 0. The zero-order valence-electron chi connectivity index (χ0n) is 9.73. The number of amides is 2. The number of Topliss-reactive ketones (excluding diaryl/α,β-unsaturated/α-hetero) is 1. The molecule has 5 heteroatoms. The van der Waals surface area contributed by atoms with E-state index in [1.54, 1.807) is 0 Å². The van der Waals surface area contributed by atoms with Gasteiger partial charge in [0.25, 0.3) is 0 Å². The van der Waals surface area contributed by atoms with E-state index in [0.29, 0.717) is 25.8 Å². The molecule has 0 aromatic heterocycles. The van der Waals surface area contributed by atoms with Crippen LogP contribution in [0.5, 0.6) is 0 Å². The Morgan fingerprint density at radius 1 is 1.56 bits per heavy atom. The van der Waals surface area contributed by atoms with Gasteiger partial charge in [0.1, 0.15) is 11.8 Å². The standard InChI is InChI=1S/C11H18N2O3/c1-3-9(11(12)16)13-6-8(4-7(2)14)5-10(13)15/h8-9H,3-6H2,1-2H3,(H2,12,16)/t8-,9+/m1/s1. The summed E-state index contributed by atoms with van der Waals surface area (Å²) in [4.78, 5) is 35.3. The van der Waals surface area contributed by atoms with Gasteiger partial charge in [0.2, 0.25) is 11.8 Å². The van der Waals surface area contributed by atoms with Crippen LogP contribution >= 0.6 is 0 Å². The third kappa shape index (κ3) is 2.81. The number of ketones is 1. The van der Waals surface area contributed by atoms with E-state index in [1.807, 2.05) is 6.92 Å².